The number of ether oxygens (including phenoxy) is 1. The Balaban J connectivity index is 2.06. The molecule has 1 heterocycles. The summed E-state index contributed by atoms with van der Waals surface area (Å²) < 4.78 is 32.1. The normalized spacial score (nSPS) is 11.3. The molecule has 0 fully saturated rings. The molecule has 0 aliphatic carbocycles. The summed E-state index contributed by atoms with van der Waals surface area (Å²) in [5.41, 5.74) is 0. The predicted octanol–water partition coefficient (Wildman–Crippen LogP) is 2.01. The summed E-state index contributed by atoms with van der Waals surface area (Å²) in [7, 11) is -3.64. The molecular formula is C13H16N2O4S2. The number of thiazole rings is 1. The number of hydrogen-bond acceptors (Lipinski definition) is 6. The molecule has 0 amide bonds. The van der Waals surface area contributed by atoms with E-state index in [2.05, 4.69) is 9.71 Å². The average Bonchev–Trinajstić information content (AvgIpc) is 2.84. The third-order valence-corrected chi connectivity index (χ3v) is 4.86. The van der Waals surface area contributed by atoms with Crippen LogP contribution in [0.25, 0.3) is 0 Å². The molecular weight excluding hydrogens is 312 g/mol. The van der Waals surface area contributed by atoms with Crippen LogP contribution in [0.3, 0.4) is 0 Å². The zero-order valence-corrected chi connectivity index (χ0v) is 13.1. The van der Waals surface area contributed by atoms with Gasteiger partial charge in [0, 0.05) is 24.1 Å². The number of rotatable bonds is 7. The van der Waals surface area contributed by atoms with E-state index in [4.69, 9.17) is 9.84 Å². The molecule has 0 saturated carbocycles. The van der Waals surface area contributed by atoms with Crippen LogP contribution < -0.4 is 9.46 Å². The largest absolute Gasteiger partial charge is 0.494 e. The zero-order valence-electron chi connectivity index (χ0n) is 11.4. The fourth-order valence-corrected chi connectivity index (χ4v) is 3.45. The highest BCUT2D eigenvalue weighted by molar-refractivity contribution is 7.93. The van der Waals surface area contributed by atoms with Gasteiger partial charge in [0.25, 0.3) is 10.0 Å². The Morgan fingerprint density at radius 1 is 1.33 bits per heavy atom. The number of anilines is 1. The van der Waals surface area contributed by atoms with E-state index in [1.165, 1.54) is 23.5 Å². The number of benzene rings is 1. The molecule has 1 aromatic carbocycles. The Bertz CT molecular complexity index is 680. The molecule has 8 heteroatoms. The van der Waals surface area contributed by atoms with Crippen molar-refractivity contribution in [3.63, 3.8) is 0 Å². The van der Waals surface area contributed by atoms with Gasteiger partial charge < -0.3 is 9.84 Å². The Morgan fingerprint density at radius 2 is 2.05 bits per heavy atom. The second kappa shape index (κ2) is 6.88. The number of aryl methyl sites for hydroxylation is 1. The standard InChI is InChI=1S/C13H16N2O4S2/c1-10-9-14-13(20-10)15-21(17,18)12-5-3-11(4-6-12)19-8-2-7-16/h3-6,9,16H,2,7-8H2,1H3,(H,14,15). The van der Waals surface area contributed by atoms with E-state index in [-0.39, 0.29) is 11.5 Å². The minimum absolute atomic E-state index is 0.0591. The van der Waals surface area contributed by atoms with E-state index < -0.39 is 10.0 Å². The lowest BCUT2D eigenvalue weighted by molar-refractivity contribution is 0.233. The van der Waals surface area contributed by atoms with Crippen LogP contribution in [0.2, 0.25) is 0 Å². The van der Waals surface area contributed by atoms with Gasteiger partial charge in [-0.25, -0.2) is 13.4 Å². The maximum atomic E-state index is 12.2. The van der Waals surface area contributed by atoms with Crippen molar-refractivity contribution in [2.45, 2.75) is 18.2 Å². The Labute approximate surface area is 127 Å². The second-order valence-corrected chi connectivity index (χ2v) is 7.20. The van der Waals surface area contributed by atoms with Crippen LogP contribution in [0.1, 0.15) is 11.3 Å². The lowest BCUT2D eigenvalue weighted by Gasteiger charge is -2.07. The summed E-state index contributed by atoms with van der Waals surface area (Å²) in [5.74, 6) is 0.562. The Morgan fingerprint density at radius 3 is 2.62 bits per heavy atom. The van der Waals surface area contributed by atoms with Gasteiger partial charge in [0.1, 0.15) is 5.75 Å². The first kappa shape index (κ1) is 15.7. The number of sulfonamides is 1. The molecule has 0 spiro atoms. The molecule has 2 N–H and O–H groups in total. The van der Waals surface area contributed by atoms with Crippen LogP contribution in [0.15, 0.2) is 35.4 Å². The van der Waals surface area contributed by atoms with E-state index in [9.17, 15) is 8.42 Å². The minimum Gasteiger partial charge on any atom is -0.494 e. The first-order chi connectivity index (χ1) is 10.0. The molecule has 0 aliphatic rings. The highest BCUT2D eigenvalue weighted by atomic mass is 32.2. The molecule has 114 valence electrons. The molecule has 21 heavy (non-hydrogen) atoms. The van der Waals surface area contributed by atoms with Crippen LogP contribution >= 0.6 is 11.3 Å². The van der Waals surface area contributed by atoms with Crippen molar-refractivity contribution in [2.75, 3.05) is 17.9 Å². The fraction of sp³-hybridized carbons (Fsp3) is 0.308. The van der Waals surface area contributed by atoms with Crippen LogP contribution in [0.5, 0.6) is 5.75 Å². The van der Waals surface area contributed by atoms with E-state index >= 15 is 0 Å². The lowest BCUT2D eigenvalue weighted by atomic mass is 10.3. The van der Waals surface area contributed by atoms with E-state index in [0.717, 1.165) is 4.88 Å². The summed E-state index contributed by atoms with van der Waals surface area (Å²) >= 11 is 1.28. The number of aliphatic hydroxyl groups is 1. The SMILES string of the molecule is Cc1cnc(NS(=O)(=O)c2ccc(OCCCO)cc2)s1. The van der Waals surface area contributed by atoms with Gasteiger partial charge in [-0.15, -0.1) is 11.3 Å². The van der Waals surface area contributed by atoms with Crippen molar-refractivity contribution >= 4 is 26.5 Å². The van der Waals surface area contributed by atoms with E-state index in [0.29, 0.717) is 23.9 Å². The minimum atomic E-state index is -3.64. The Kier molecular flexibility index (Phi) is 5.16. The highest BCUT2D eigenvalue weighted by Crippen LogP contribution is 2.22. The topological polar surface area (TPSA) is 88.5 Å². The number of aliphatic hydroxyl groups excluding tert-OH is 1. The molecule has 0 radical (unpaired) electrons. The maximum Gasteiger partial charge on any atom is 0.263 e. The molecule has 0 saturated heterocycles. The third kappa shape index (κ3) is 4.42. The first-order valence-electron chi connectivity index (χ1n) is 6.30. The predicted molar refractivity (Wildman–Crippen MR) is 81.3 cm³/mol. The van der Waals surface area contributed by atoms with Gasteiger partial charge in [-0.2, -0.15) is 0 Å². The summed E-state index contributed by atoms with van der Waals surface area (Å²) in [4.78, 5) is 5.05. The van der Waals surface area contributed by atoms with Gasteiger partial charge in [-0.05, 0) is 31.2 Å². The van der Waals surface area contributed by atoms with Crippen molar-refractivity contribution in [3.8, 4) is 5.75 Å². The molecule has 6 nitrogen and oxygen atoms in total. The summed E-state index contributed by atoms with van der Waals surface area (Å²) in [6, 6.07) is 6.10. The first-order valence-corrected chi connectivity index (χ1v) is 8.60. The molecule has 0 unspecified atom stereocenters. The van der Waals surface area contributed by atoms with Gasteiger partial charge in [-0.3, -0.25) is 4.72 Å². The van der Waals surface area contributed by atoms with Gasteiger partial charge >= 0.3 is 0 Å². The van der Waals surface area contributed by atoms with Gasteiger partial charge in [0.2, 0.25) is 0 Å². The van der Waals surface area contributed by atoms with Crippen LogP contribution in [-0.4, -0.2) is 31.7 Å². The van der Waals surface area contributed by atoms with Crippen molar-refractivity contribution in [1.82, 2.24) is 4.98 Å². The third-order valence-electron chi connectivity index (χ3n) is 2.55. The zero-order chi connectivity index (χ0) is 15.3. The molecule has 0 aliphatic heterocycles. The van der Waals surface area contributed by atoms with Gasteiger partial charge in [-0.1, -0.05) is 0 Å². The van der Waals surface area contributed by atoms with Crippen molar-refractivity contribution in [3.05, 3.63) is 35.3 Å². The van der Waals surface area contributed by atoms with Crippen LogP contribution in [0.4, 0.5) is 5.13 Å². The number of aromatic nitrogens is 1. The molecule has 0 bridgehead atoms. The molecule has 1 aromatic heterocycles. The number of nitrogens with one attached hydrogen (secondary N) is 1. The van der Waals surface area contributed by atoms with Crippen molar-refractivity contribution in [1.29, 1.82) is 0 Å². The monoisotopic (exact) mass is 328 g/mol. The molecule has 2 aromatic rings. The quantitative estimate of drug-likeness (QED) is 0.759. The average molecular weight is 328 g/mol. The lowest BCUT2D eigenvalue weighted by Crippen LogP contribution is -2.12. The fourth-order valence-electron chi connectivity index (χ4n) is 1.55. The van der Waals surface area contributed by atoms with Gasteiger partial charge in [0.15, 0.2) is 5.13 Å². The number of hydrogen-bond donors (Lipinski definition) is 2. The van der Waals surface area contributed by atoms with Crippen LogP contribution in [-0.2, 0) is 10.0 Å². The van der Waals surface area contributed by atoms with E-state index in [1.54, 1.807) is 18.3 Å². The summed E-state index contributed by atoms with van der Waals surface area (Å²) in [6.07, 6.45) is 2.14. The molecule has 2 rings (SSSR count). The molecule has 0 atom stereocenters. The summed E-state index contributed by atoms with van der Waals surface area (Å²) in [6.45, 7) is 2.30. The smallest absolute Gasteiger partial charge is 0.263 e. The Hall–Kier alpha value is -1.64. The van der Waals surface area contributed by atoms with Crippen LogP contribution in [0, 0.1) is 6.92 Å². The number of nitrogens with zero attached hydrogens (tertiary/aromatic N) is 1. The van der Waals surface area contributed by atoms with E-state index in [1.807, 2.05) is 6.92 Å². The van der Waals surface area contributed by atoms with Crippen molar-refractivity contribution < 1.29 is 18.3 Å². The summed E-state index contributed by atoms with van der Waals surface area (Å²) in [5, 5.41) is 9.01. The second-order valence-electron chi connectivity index (χ2n) is 4.28. The van der Waals surface area contributed by atoms with Gasteiger partial charge in [0.05, 0.1) is 11.5 Å². The van der Waals surface area contributed by atoms with Crippen molar-refractivity contribution in [2.24, 2.45) is 0 Å². The highest BCUT2D eigenvalue weighted by Gasteiger charge is 2.15. The maximum absolute atomic E-state index is 12.2.